The van der Waals surface area contributed by atoms with Crippen molar-refractivity contribution in [3.05, 3.63) is 29.8 Å². The first-order chi connectivity index (χ1) is 12.0. The smallest absolute Gasteiger partial charge is 0.317 e. The number of nitrogens with one attached hydrogen (secondary N) is 1. The molecule has 2 fully saturated rings. The second-order valence-electron chi connectivity index (χ2n) is 6.99. The summed E-state index contributed by atoms with van der Waals surface area (Å²) in [6, 6.07) is 7.16. The summed E-state index contributed by atoms with van der Waals surface area (Å²) in [7, 11) is -3.50. The number of carbonyl (C=O) groups excluding carboxylic acids is 1. The van der Waals surface area contributed by atoms with Crippen LogP contribution in [0.4, 0.5) is 4.79 Å². The number of nitrogens with zero attached hydrogens (tertiary/aromatic N) is 2. The first kappa shape index (κ1) is 18.2. The number of aryl methyl sites for hydroxylation is 1. The Kier molecular flexibility index (Phi) is 5.64. The summed E-state index contributed by atoms with van der Waals surface area (Å²) in [6.07, 6.45) is 5.10. The fraction of sp³-hybridized carbons (Fsp3) is 0.611. The standard InChI is InChI=1S/C18H27N3O3S/c1-15-7-9-17(10-8-15)25(23,24)21-12-4-11-20(13-14-21)18(22)19-16-5-2-3-6-16/h7-10,16H,2-6,11-14H2,1H3,(H,19,22). The van der Waals surface area contributed by atoms with E-state index >= 15 is 0 Å². The summed E-state index contributed by atoms with van der Waals surface area (Å²) in [6.45, 7) is 3.75. The molecule has 1 aliphatic carbocycles. The Bertz CT molecular complexity index is 697. The van der Waals surface area contributed by atoms with Crippen molar-refractivity contribution in [2.24, 2.45) is 0 Å². The van der Waals surface area contributed by atoms with Gasteiger partial charge in [-0.25, -0.2) is 13.2 Å². The van der Waals surface area contributed by atoms with E-state index in [0.717, 1.165) is 18.4 Å². The first-order valence-electron chi connectivity index (χ1n) is 9.09. The van der Waals surface area contributed by atoms with Gasteiger partial charge in [-0.1, -0.05) is 30.5 Å². The summed E-state index contributed by atoms with van der Waals surface area (Å²) in [5.41, 5.74) is 1.03. The fourth-order valence-corrected chi connectivity index (χ4v) is 5.00. The van der Waals surface area contributed by atoms with E-state index in [9.17, 15) is 13.2 Å². The molecule has 0 aromatic heterocycles. The van der Waals surface area contributed by atoms with E-state index < -0.39 is 10.0 Å². The average molecular weight is 365 g/mol. The van der Waals surface area contributed by atoms with Crippen LogP contribution in [0.1, 0.15) is 37.7 Å². The van der Waals surface area contributed by atoms with Crippen molar-refractivity contribution in [2.45, 2.75) is 50.0 Å². The predicted molar refractivity (Wildman–Crippen MR) is 96.9 cm³/mol. The normalized spacial score (nSPS) is 20.4. The number of rotatable bonds is 3. The Hall–Kier alpha value is -1.60. The summed E-state index contributed by atoms with van der Waals surface area (Å²) in [5.74, 6) is 0. The number of hydrogen-bond acceptors (Lipinski definition) is 3. The molecule has 0 spiro atoms. The minimum absolute atomic E-state index is 0.0542. The molecule has 25 heavy (non-hydrogen) atoms. The molecular formula is C18H27N3O3S. The maximum atomic E-state index is 12.8. The molecule has 1 N–H and O–H groups in total. The quantitative estimate of drug-likeness (QED) is 0.894. The zero-order chi connectivity index (χ0) is 17.9. The fourth-order valence-electron chi connectivity index (χ4n) is 3.53. The van der Waals surface area contributed by atoms with Gasteiger partial charge in [0, 0.05) is 32.2 Å². The Balaban J connectivity index is 1.62. The third-order valence-corrected chi connectivity index (χ3v) is 7.00. The van der Waals surface area contributed by atoms with Gasteiger partial charge in [0.05, 0.1) is 4.90 Å². The van der Waals surface area contributed by atoms with Gasteiger partial charge in [-0.05, 0) is 38.3 Å². The molecule has 2 aliphatic rings. The lowest BCUT2D eigenvalue weighted by molar-refractivity contribution is 0.196. The Labute approximate surface area is 150 Å². The molecule has 6 nitrogen and oxygen atoms in total. The molecule has 0 unspecified atom stereocenters. The number of carbonyl (C=O) groups is 1. The van der Waals surface area contributed by atoms with Crippen LogP contribution in [0, 0.1) is 6.92 Å². The van der Waals surface area contributed by atoms with Crippen molar-refractivity contribution in [3.63, 3.8) is 0 Å². The van der Waals surface area contributed by atoms with Gasteiger partial charge in [-0.2, -0.15) is 4.31 Å². The molecule has 1 heterocycles. The van der Waals surface area contributed by atoms with Crippen LogP contribution >= 0.6 is 0 Å². The summed E-state index contributed by atoms with van der Waals surface area (Å²) in [5, 5.41) is 3.09. The zero-order valence-corrected chi connectivity index (χ0v) is 15.6. The summed E-state index contributed by atoms with van der Waals surface area (Å²) >= 11 is 0. The van der Waals surface area contributed by atoms with Crippen LogP contribution < -0.4 is 5.32 Å². The highest BCUT2D eigenvalue weighted by Gasteiger charge is 2.29. The van der Waals surface area contributed by atoms with E-state index in [-0.39, 0.29) is 12.1 Å². The van der Waals surface area contributed by atoms with E-state index in [1.54, 1.807) is 17.0 Å². The van der Waals surface area contributed by atoms with Crippen molar-refractivity contribution in [2.75, 3.05) is 26.2 Å². The van der Waals surface area contributed by atoms with E-state index in [1.807, 2.05) is 19.1 Å². The molecule has 1 aliphatic heterocycles. The van der Waals surface area contributed by atoms with Gasteiger partial charge in [-0.15, -0.1) is 0 Å². The molecule has 0 atom stereocenters. The van der Waals surface area contributed by atoms with Crippen LogP contribution in [-0.4, -0.2) is 55.9 Å². The zero-order valence-electron chi connectivity index (χ0n) is 14.8. The van der Waals surface area contributed by atoms with Gasteiger partial charge >= 0.3 is 6.03 Å². The van der Waals surface area contributed by atoms with Crippen LogP contribution in [0.5, 0.6) is 0 Å². The van der Waals surface area contributed by atoms with Gasteiger partial charge in [0.15, 0.2) is 0 Å². The molecule has 1 aromatic rings. The Morgan fingerprint density at radius 1 is 1.00 bits per heavy atom. The highest BCUT2D eigenvalue weighted by Crippen LogP contribution is 2.20. The van der Waals surface area contributed by atoms with Crippen molar-refractivity contribution in [3.8, 4) is 0 Å². The van der Waals surface area contributed by atoms with Crippen LogP contribution in [0.3, 0.4) is 0 Å². The Morgan fingerprint density at radius 3 is 2.36 bits per heavy atom. The predicted octanol–water partition coefficient (Wildman–Crippen LogP) is 2.34. The minimum atomic E-state index is -3.50. The topological polar surface area (TPSA) is 69.7 Å². The molecule has 1 aromatic carbocycles. The average Bonchev–Trinajstić information content (AvgIpc) is 2.95. The van der Waals surface area contributed by atoms with Crippen LogP contribution in [0.15, 0.2) is 29.2 Å². The minimum Gasteiger partial charge on any atom is -0.335 e. The molecular weight excluding hydrogens is 338 g/mol. The van der Waals surface area contributed by atoms with E-state index in [4.69, 9.17) is 0 Å². The molecule has 7 heteroatoms. The molecule has 1 saturated heterocycles. The number of benzene rings is 1. The maximum absolute atomic E-state index is 12.8. The lowest BCUT2D eigenvalue weighted by Crippen LogP contribution is -2.45. The molecule has 2 amide bonds. The highest BCUT2D eigenvalue weighted by molar-refractivity contribution is 7.89. The van der Waals surface area contributed by atoms with Crippen molar-refractivity contribution in [1.82, 2.24) is 14.5 Å². The number of sulfonamides is 1. The second-order valence-corrected chi connectivity index (χ2v) is 8.93. The third-order valence-electron chi connectivity index (χ3n) is 5.08. The van der Waals surface area contributed by atoms with E-state index in [2.05, 4.69) is 5.32 Å². The molecule has 1 saturated carbocycles. The van der Waals surface area contributed by atoms with Crippen LogP contribution in [0.25, 0.3) is 0 Å². The monoisotopic (exact) mass is 365 g/mol. The highest BCUT2D eigenvalue weighted by atomic mass is 32.2. The van der Waals surface area contributed by atoms with Crippen molar-refractivity contribution >= 4 is 16.1 Å². The van der Waals surface area contributed by atoms with E-state index in [0.29, 0.717) is 37.5 Å². The Morgan fingerprint density at radius 2 is 1.68 bits per heavy atom. The molecule has 138 valence electrons. The SMILES string of the molecule is Cc1ccc(S(=O)(=O)N2CCCN(C(=O)NC3CCCC3)CC2)cc1. The van der Waals surface area contributed by atoms with Crippen LogP contribution in [0.2, 0.25) is 0 Å². The van der Waals surface area contributed by atoms with Crippen molar-refractivity contribution in [1.29, 1.82) is 0 Å². The van der Waals surface area contributed by atoms with Gasteiger partial charge in [0.1, 0.15) is 0 Å². The van der Waals surface area contributed by atoms with Crippen molar-refractivity contribution < 1.29 is 13.2 Å². The number of hydrogen-bond donors (Lipinski definition) is 1. The largest absolute Gasteiger partial charge is 0.335 e. The summed E-state index contributed by atoms with van der Waals surface area (Å²) < 4.78 is 27.1. The maximum Gasteiger partial charge on any atom is 0.317 e. The van der Waals surface area contributed by atoms with Gasteiger partial charge < -0.3 is 10.2 Å². The number of urea groups is 1. The first-order valence-corrected chi connectivity index (χ1v) is 10.5. The van der Waals surface area contributed by atoms with Crippen LogP contribution in [-0.2, 0) is 10.0 Å². The van der Waals surface area contributed by atoms with Gasteiger partial charge in [-0.3, -0.25) is 0 Å². The molecule has 0 radical (unpaired) electrons. The molecule has 0 bridgehead atoms. The lowest BCUT2D eigenvalue weighted by atomic mass is 10.2. The molecule has 3 rings (SSSR count). The van der Waals surface area contributed by atoms with Gasteiger partial charge in [0.25, 0.3) is 0 Å². The number of amides is 2. The summed E-state index contributed by atoms with van der Waals surface area (Å²) in [4.78, 5) is 14.5. The van der Waals surface area contributed by atoms with E-state index in [1.165, 1.54) is 17.1 Å². The second kappa shape index (κ2) is 7.74. The van der Waals surface area contributed by atoms with Gasteiger partial charge in [0.2, 0.25) is 10.0 Å². The third kappa shape index (κ3) is 4.33. The lowest BCUT2D eigenvalue weighted by Gasteiger charge is -2.24.